The van der Waals surface area contributed by atoms with E-state index in [0.29, 0.717) is 5.88 Å². The minimum atomic E-state index is 0.381. The third-order valence-electron chi connectivity index (χ3n) is 2.50. The normalized spacial score (nSPS) is 9.47. The van der Waals surface area contributed by atoms with Crippen LogP contribution in [0.15, 0.2) is 54.6 Å². The van der Waals surface area contributed by atoms with Crippen molar-refractivity contribution in [2.75, 3.05) is 5.88 Å². The summed E-state index contributed by atoms with van der Waals surface area (Å²) >= 11 is 5.52. The lowest BCUT2D eigenvalue weighted by Crippen LogP contribution is -1.87. The van der Waals surface area contributed by atoms with Crippen molar-refractivity contribution < 1.29 is 0 Å². The SMILES string of the molecule is ClCC#Cc1ccc(Cc2ccccc2)cc1. The molecule has 0 aromatic heterocycles. The Kier molecular flexibility index (Phi) is 4.24. The maximum Gasteiger partial charge on any atom is 0.0839 e. The molecule has 2 aromatic rings. The summed E-state index contributed by atoms with van der Waals surface area (Å²) in [6, 6.07) is 18.8. The second-order valence-electron chi connectivity index (χ2n) is 3.79. The van der Waals surface area contributed by atoms with Crippen molar-refractivity contribution in [1.29, 1.82) is 0 Å². The van der Waals surface area contributed by atoms with Gasteiger partial charge in [-0.1, -0.05) is 54.3 Å². The fourth-order valence-electron chi connectivity index (χ4n) is 1.67. The van der Waals surface area contributed by atoms with E-state index in [1.807, 2.05) is 18.2 Å². The molecule has 84 valence electrons. The van der Waals surface area contributed by atoms with E-state index in [1.165, 1.54) is 11.1 Å². The van der Waals surface area contributed by atoms with Crippen LogP contribution < -0.4 is 0 Å². The van der Waals surface area contributed by atoms with Gasteiger partial charge in [0.1, 0.15) is 0 Å². The smallest absolute Gasteiger partial charge is 0.0839 e. The molecule has 0 saturated heterocycles. The molecule has 2 rings (SSSR count). The Morgan fingerprint density at radius 2 is 1.47 bits per heavy atom. The first-order valence-corrected chi connectivity index (χ1v) is 6.09. The standard InChI is InChI=1S/C16H13Cl/c17-12-4-7-14-8-10-16(11-9-14)13-15-5-2-1-3-6-15/h1-3,5-6,8-11H,12-13H2. The van der Waals surface area contributed by atoms with Crippen molar-refractivity contribution in [2.45, 2.75) is 6.42 Å². The third kappa shape index (κ3) is 3.66. The number of halogens is 1. The van der Waals surface area contributed by atoms with Gasteiger partial charge in [0.25, 0.3) is 0 Å². The van der Waals surface area contributed by atoms with E-state index < -0.39 is 0 Å². The second kappa shape index (κ2) is 6.13. The van der Waals surface area contributed by atoms with Crippen LogP contribution in [-0.2, 0) is 6.42 Å². The van der Waals surface area contributed by atoms with Crippen molar-refractivity contribution in [2.24, 2.45) is 0 Å². The Labute approximate surface area is 107 Å². The first-order valence-electron chi connectivity index (χ1n) is 5.56. The fraction of sp³-hybridized carbons (Fsp3) is 0.125. The van der Waals surface area contributed by atoms with Crippen LogP contribution in [0.3, 0.4) is 0 Å². The molecule has 0 amide bonds. The number of hydrogen-bond donors (Lipinski definition) is 0. The van der Waals surface area contributed by atoms with E-state index in [1.54, 1.807) is 0 Å². The average molecular weight is 241 g/mol. The summed E-state index contributed by atoms with van der Waals surface area (Å²) in [6.45, 7) is 0. The highest BCUT2D eigenvalue weighted by atomic mass is 35.5. The molecule has 0 aliphatic carbocycles. The summed E-state index contributed by atoms with van der Waals surface area (Å²) in [5, 5.41) is 0. The van der Waals surface area contributed by atoms with Gasteiger partial charge in [-0.05, 0) is 29.7 Å². The highest BCUT2D eigenvalue weighted by Crippen LogP contribution is 2.10. The molecule has 0 fully saturated rings. The summed E-state index contributed by atoms with van der Waals surface area (Å²) in [7, 11) is 0. The van der Waals surface area contributed by atoms with Crippen LogP contribution in [0.1, 0.15) is 16.7 Å². The number of alkyl halides is 1. The molecule has 0 aliphatic rings. The summed E-state index contributed by atoms with van der Waals surface area (Å²) < 4.78 is 0. The molecule has 1 heteroatoms. The molecule has 0 N–H and O–H groups in total. The summed E-state index contributed by atoms with van der Waals surface area (Å²) in [5.41, 5.74) is 3.64. The molecular weight excluding hydrogens is 228 g/mol. The maximum absolute atomic E-state index is 5.52. The van der Waals surface area contributed by atoms with Gasteiger partial charge in [0, 0.05) is 5.56 Å². The van der Waals surface area contributed by atoms with Crippen LogP contribution in [0.4, 0.5) is 0 Å². The Balaban J connectivity index is 2.08. The van der Waals surface area contributed by atoms with Gasteiger partial charge in [-0.15, -0.1) is 11.6 Å². The third-order valence-corrected chi connectivity index (χ3v) is 2.64. The van der Waals surface area contributed by atoms with Crippen molar-refractivity contribution in [3.8, 4) is 11.8 Å². The van der Waals surface area contributed by atoms with Crippen LogP contribution in [0.2, 0.25) is 0 Å². The summed E-state index contributed by atoms with van der Waals surface area (Å²) in [5.74, 6) is 6.23. The molecule has 17 heavy (non-hydrogen) atoms. The minimum absolute atomic E-state index is 0.381. The van der Waals surface area contributed by atoms with E-state index >= 15 is 0 Å². The zero-order valence-electron chi connectivity index (χ0n) is 9.49. The Hall–Kier alpha value is -1.71. The largest absolute Gasteiger partial charge is 0.113 e. The molecule has 0 heterocycles. The Morgan fingerprint density at radius 3 is 2.12 bits per heavy atom. The van der Waals surface area contributed by atoms with Gasteiger partial charge >= 0.3 is 0 Å². The van der Waals surface area contributed by atoms with E-state index in [2.05, 4.69) is 48.2 Å². The van der Waals surface area contributed by atoms with E-state index in [4.69, 9.17) is 11.6 Å². The maximum atomic E-state index is 5.52. The van der Waals surface area contributed by atoms with Crippen LogP contribution >= 0.6 is 11.6 Å². The highest BCUT2D eigenvalue weighted by Gasteiger charge is 1.95. The van der Waals surface area contributed by atoms with Crippen molar-refractivity contribution in [1.82, 2.24) is 0 Å². The number of rotatable bonds is 2. The quantitative estimate of drug-likeness (QED) is 0.552. The summed E-state index contributed by atoms with van der Waals surface area (Å²) in [6.07, 6.45) is 0.962. The monoisotopic (exact) mass is 240 g/mol. The molecule has 0 aliphatic heterocycles. The van der Waals surface area contributed by atoms with E-state index in [9.17, 15) is 0 Å². The molecule has 0 saturated carbocycles. The Morgan fingerprint density at radius 1 is 0.824 bits per heavy atom. The van der Waals surface area contributed by atoms with Crippen LogP contribution in [-0.4, -0.2) is 5.88 Å². The average Bonchev–Trinajstić information content (AvgIpc) is 2.39. The predicted molar refractivity (Wildman–Crippen MR) is 73.3 cm³/mol. The van der Waals surface area contributed by atoms with Crippen LogP contribution in [0.25, 0.3) is 0 Å². The molecule has 2 aromatic carbocycles. The van der Waals surface area contributed by atoms with Crippen molar-refractivity contribution >= 4 is 11.6 Å². The van der Waals surface area contributed by atoms with Crippen molar-refractivity contribution in [3.63, 3.8) is 0 Å². The zero-order chi connectivity index (χ0) is 11.9. The first-order chi connectivity index (χ1) is 8.38. The zero-order valence-corrected chi connectivity index (χ0v) is 10.2. The number of benzene rings is 2. The molecule has 0 nitrogen and oxygen atoms in total. The highest BCUT2D eigenvalue weighted by molar-refractivity contribution is 6.19. The number of hydrogen-bond acceptors (Lipinski definition) is 0. The lowest BCUT2D eigenvalue weighted by molar-refractivity contribution is 1.19. The molecule has 0 bridgehead atoms. The van der Waals surface area contributed by atoms with Crippen LogP contribution in [0, 0.1) is 11.8 Å². The molecule has 0 radical (unpaired) electrons. The molecular formula is C16H13Cl. The van der Waals surface area contributed by atoms with E-state index in [0.717, 1.165) is 12.0 Å². The summed E-state index contributed by atoms with van der Waals surface area (Å²) in [4.78, 5) is 0. The van der Waals surface area contributed by atoms with E-state index in [-0.39, 0.29) is 0 Å². The van der Waals surface area contributed by atoms with Gasteiger partial charge in [-0.2, -0.15) is 0 Å². The topological polar surface area (TPSA) is 0 Å². The predicted octanol–water partition coefficient (Wildman–Crippen LogP) is 3.87. The lowest BCUT2D eigenvalue weighted by atomic mass is 10.0. The van der Waals surface area contributed by atoms with Gasteiger partial charge in [-0.25, -0.2) is 0 Å². The first kappa shape index (κ1) is 11.8. The lowest BCUT2D eigenvalue weighted by Gasteiger charge is -2.01. The van der Waals surface area contributed by atoms with Gasteiger partial charge < -0.3 is 0 Å². The molecule has 0 atom stereocenters. The van der Waals surface area contributed by atoms with Gasteiger partial charge in [0.05, 0.1) is 5.88 Å². The van der Waals surface area contributed by atoms with Crippen molar-refractivity contribution in [3.05, 3.63) is 71.3 Å². The minimum Gasteiger partial charge on any atom is -0.113 e. The Bertz CT molecular complexity index is 515. The van der Waals surface area contributed by atoms with Gasteiger partial charge in [-0.3, -0.25) is 0 Å². The fourth-order valence-corrected chi connectivity index (χ4v) is 1.74. The second-order valence-corrected chi connectivity index (χ2v) is 4.06. The van der Waals surface area contributed by atoms with Gasteiger partial charge in [0.2, 0.25) is 0 Å². The van der Waals surface area contributed by atoms with Gasteiger partial charge in [0.15, 0.2) is 0 Å². The molecule has 0 spiro atoms. The molecule has 0 unspecified atom stereocenters. The van der Waals surface area contributed by atoms with Crippen LogP contribution in [0.5, 0.6) is 0 Å².